The summed E-state index contributed by atoms with van der Waals surface area (Å²) in [6.07, 6.45) is 2.92. The van der Waals surface area contributed by atoms with Gasteiger partial charge in [0.25, 0.3) is 11.1 Å². The van der Waals surface area contributed by atoms with Gasteiger partial charge in [-0.2, -0.15) is 4.98 Å². The van der Waals surface area contributed by atoms with Gasteiger partial charge in [0.1, 0.15) is 23.0 Å². The molecule has 8 nitrogen and oxygen atoms in total. The lowest BCUT2D eigenvalue weighted by Gasteiger charge is -2.20. The molecule has 0 aliphatic heterocycles. The van der Waals surface area contributed by atoms with E-state index in [0.29, 0.717) is 46.1 Å². The van der Waals surface area contributed by atoms with E-state index in [0.717, 1.165) is 12.0 Å². The van der Waals surface area contributed by atoms with Crippen LogP contribution >= 0.6 is 11.6 Å². The Hall–Kier alpha value is -4.04. The van der Waals surface area contributed by atoms with Gasteiger partial charge in [-0.25, -0.2) is 0 Å². The number of methoxy groups -OCH3 is 2. The third-order valence-electron chi connectivity index (χ3n) is 6.27. The van der Waals surface area contributed by atoms with Crippen molar-refractivity contribution in [2.75, 3.05) is 14.2 Å². The molecule has 2 aromatic heterocycles. The van der Waals surface area contributed by atoms with Crippen LogP contribution in [0.3, 0.4) is 0 Å². The van der Waals surface area contributed by atoms with E-state index >= 15 is 0 Å². The van der Waals surface area contributed by atoms with Crippen molar-refractivity contribution in [1.29, 1.82) is 0 Å². The highest BCUT2D eigenvalue weighted by molar-refractivity contribution is 6.30. The summed E-state index contributed by atoms with van der Waals surface area (Å²) in [5, 5.41) is 11.3. The molecule has 4 aromatic rings. The lowest BCUT2D eigenvalue weighted by molar-refractivity contribution is 0.387. The van der Waals surface area contributed by atoms with E-state index in [1.807, 2.05) is 0 Å². The first-order valence-corrected chi connectivity index (χ1v) is 12.6. The van der Waals surface area contributed by atoms with Gasteiger partial charge in [0.2, 0.25) is 5.88 Å². The molecule has 38 heavy (non-hydrogen) atoms. The highest BCUT2D eigenvalue weighted by Crippen LogP contribution is 2.33. The molecule has 2 aromatic carbocycles. The first kappa shape index (κ1) is 27.0. The first-order valence-electron chi connectivity index (χ1n) is 12.3. The number of aromatic nitrogens is 3. The monoisotopic (exact) mass is 535 g/mol. The summed E-state index contributed by atoms with van der Waals surface area (Å²) in [7, 11) is 3.05. The van der Waals surface area contributed by atoms with Gasteiger partial charge in [-0.05, 0) is 48.2 Å². The maximum Gasteiger partial charge on any atom is 0.265 e. The minimum absolute atomic E-state index is 0.129. The Morgan fingerprint density at radius 2 is 1.63 bits per heavy atom. The minimum atomic E-state index is -0.408. The predicted molar refractivity (Wildman–Crippen MR) is 148 cm³/mol. The molecule has 198 valence electrons. The second kappa shape index (κ2) is 11.6. The lowest BCUT2D eigenvalue weighted by Crippen LogP contribution is -2.28. The van der Waals surface area contributed by atoms with E-state index in [2.05, 4.69) is 18.8 Å². The third kappa shape index (κ3) is 5.60. The van der Waals surface area contributed by atoms with Crippen molar-refractivity contribution in [2.24, 2.45) is 5.92 Å². The van der Waals surface area contributed by atoms with Crippen LogP contribution in [0.1, 0.15) is 37.2 Å². The van der Waals surface area contributed by atoms with Gasteiger partial charge in [-0.15, -0.1) is 0 Å². The van der Waals surface area contributed by atoms with Gasteiger partial charge in [0.15, 0.2) is 0 Å². The van der Waals surface area contributed by atoms with E-state index < -0.39 is 5.56 Å². The normalized spacial score (nSPS) is 11.1. The van der Waals surface area contributed by atoms with Gasteiger partial charge in [0.05, 0.1) is 24.8 Å². The smallest absolute Gasteiger partial charge is 0.265 e. The fourth-order valence-electron chi connectivity index (χ4n) is 4.25. The van der Waals surface area contributed by atoms with E-state index in [-0.39, 0.29) is 23.4 Å². The molecule has 9 heteroatoms. The molecule has 0 unspecified atom stereocenters. The van der Waals surface area contributed by atoms with E-state index in [4.69, 9.17) is 21.1 Å². The highest BCUT2D eigenvalue weighted by atomic mass is 35.5. The van der Waals surface area contributed by atoms with Crippen LogP contribution in [-0.4, -0.2) is 33.4 Å². The van der Waals surface area contributed by atoms with E-state index in [9.17, 15) is 14.7 Å². The molecule has 0 amide bonds. The molecular weight excluding hydrogens is 506 g/mol. The maximum atomic E-state index is 14.0. The van der Waals surface area contributed by atoms with Crippen molar-refractivity contribution in [3.05, 3.63) is 103 Å². The number of benzene rings is 2. The zero-order valence-corrected chi connectivity index (χ0v) is 22.5. The Kier molecular flexibility index (Phi) is 8.22. The average molecular weight is 536 g/mol. The highest BCUT2D eigenvalue weighted by Gasteiger charge is 2.23. The number of aryl methyl sites for hydroxylation is 1. The molecule has 4 rings (SSSR count). The summed E-state index contributed by atoms with van der Waals surface area (Å²) in [5.41, 5.74) is 1.34. The molecule has 0 radical (unpaired) electrons. The van der Waals surface area contributed by atoms with Crippen LogP contribution in [0.4, 0.5) is 0 Å². The number of pyridine rings is 1. The summed E-state index contributed by atoms with van der Waals surface area (Å²) in [5.74, 6) is 1.38. The SMILES string of the molecule is COc1cccc(OC)c1-n1c(CCC(C)C)nc(O)c(Cc2ccc(-n3cc(Cl)ccc3=O)cc2)c1=O. The van der Waals surface area contributed by atoms with Gasteiger partial charge in [-0.1, -0.05) is 43.6 Å². The van der Waals surface area contributed by atoms with Crippen molar-refractivity contribution in [1.82, 2.24) is 14.1 Å². The number of hydrogen-bond donors (Lipinski definition) is 1. The summed E-state index contributed by atoms with van der Waals surface area (Å²) >= 11 is 6.05. The van der Waals surface area contributed by atoms with Crippen LogP contribution in [0, 0.1) is 5.92 Å². The van der Waals surface area contributed by atoms with Crippen molar-refractivity contribution >= 4 is 11.6 Å². The summed E-state index contributed by atoms with van der Waals surface area (Å²) in [4.78, 5) is 30.7. The summed E-state index contributed by atoms with van der Waals surface area (Å²) in [6, 6.07) is 15.3. The van der Waals surface area contributed by atoms with Gasteiger partial charge in [0, 0.05) is 30.8 Å². The molecule has 0 aliphatic carbocycles. The van der Waals surface area contributed by atoms with E-state index in [1.165, 1.54) is 35.5 Å². The first-order chi connectivity index (χ1) is 18.2. The van der Waals surface area contributed by atoms with Crippen LogP contribution in [0.5, 0.6) is 17.4 Å². The second-order valence-corrected chi connectivity index (χ2v) is 9.75. The second-order valence-electron chi connectivity index (χ2n) is 9.31. The number of hydrogen-bond acceptors (Lipinski definition) is 6. The Morgan fingerprint density at radius 1 is 0.974 bits per heavy atom. The zero-order chi connectivity index (χ0) is 27.4. The number of para-hydroxylation sites is 1. The zero-order valence-electron chi connectivity index (χ0n) is 21.8. The van der Waals surface area contributed by atoms with Crippen LogP contribution in [0.15, 0.2) is 70.4 Å². The lowest BCUT2D eigenvalue weighted by atomic mass is 10.0. The molecule has 0 atom stereocenters. The number of nitrogens with zero attached hydrogens (tertiary/aromatic N) is 3. The minimum Gasteiger partial charge on any atom is -0.494 e. The summed E-state index contributed by atoms with van der Waals surface area (Å²) < 4.78 is 14.1. The average Bonchev–Trinajstić information content (AvgIpc) is 2.91. The topological polar surface area (TPSA) is 95.6 Å². The number of halogens is 1. The third-order valence-corrected chi connectivity index (χ3v) is 6.49. The van der Waals surface area contributed by atoms with Crippen molar-refractivity contribution < 1.29 is 14.6 Å². The molecule has 2 heterocycles. The number of rotatable bonds is 9. The van der Waals surface area contributed by atoms with Crippen molar-refractivity contribution in [3.8, 4) is 28.8 Å². The molecule has 0 aliphatic rings. The molecule has 0 fully saturated rings. The largest absolute Gasteiger partial charge is 0.494 e. The van der Waals surface area contributed by atoms with Crippen LogP contribution < -0.4 is 20.6 Å². The fourth-order valence-corrected chi connectivity index (χ4v) is 4.41. The number of aromatic hydroxyl groups is 1. The molecule has 0 spiro atoms. The summed E-state index contributed by atoms with van der Waals surface area (Å²) in [6.45, 7) is 4.17. The van der Waals surface area contributed by atoms with Crippen molar-refractivity contribution in [3.63, 3.8) is 0 Å². The quantitative estimate of drug-likeness (QED) is 0.326. The Morgan fingerprint density at radius 3 is 2.24 bits per heavy atom. The van der Waals surface area contributed by atoms with Crippen LogP contribution in [0.25, 0.3) is 11.4 Å². The Balaban J connectivity index is 1.81. The van der Waals surface area contributed by atoms with Gasteiger partial charge in [-0.3, -0.25) is 18.7 Å². The standard InChI is InChI=1S/C29H30ClN3O5/c1-18(2)8-14-25-31-28(35)22(29(36)33(25)27-23(37-3)6-5-7-24(27)38-4)16-19-9-12-21(13-10-19)32-17-20(30)11-15-26(32)34/h5-7,9-13,15,17-18,35H,8,14,16H2,1-4H3. The Labute approximate surface area is 225 Å². The molecule has 0 saturated carbocycles. The fraction of sp³-hybridized carbons (Fsp3) is 0.276. The number of ether oxygens (including phenoxy) is 2. The maximum absolute atomic E-state index is 14.0. The molecule has 0 saturated heterocycles. The predicted octanol–water partition coefficient (Wildman–Crippen LogP) is 4.94. The molecule has 1 N–H and O–H groups in total. The van der Waals surface area contributed by atoms with Crippen LogP contribution in [0.2, 0.25) is 5.02 Å². The molecular formula is C29H30ClN3O5. The Bertz CT molecular complexity index is 1540. The van der Waals surface area contributed by atoms with Gasteiger partial charge >= 0.3 is 0 Å². The van der Waals surface area contributed by atoms with Crippen LogP contribution in [-0.2, 0) is 12.8 Å². The molecule has 0 bridgehead atoms. The van der Waals surface area contributed by atoms with Gasteiger partial charge < -0.3 is 14.6 Å². The van der Waals surface area contributed by atoms with E-state index in [1.54, 1.807) is 48.7 Å². The van der Waals surface area contributed by atoms with Crippen molar-refractivity contribution in [2.45, 2.75) is 33.1 Å².